The van der Waals surface area contributed by atoms with Crippen LogP contribution in [0.4, 0.5) is 0 Å². The van der Waals surface area contributed by atoms with Crippen molar-refractivity contribution in [1.29, 1.82) is 0 Å². The van der Waals surface area contributed by atoms with E-state index in [0.29, 0.717) is 23.6 Å². The number of hydrogen-bond donors (Lipinski definition) is 1. The van der Waals surface area contributed by atoms with Crippen molar-refractivity contribution in [1.82, 2.24) is 0 Å². The average Bonchev–Trinajstić information content (AvgIpc) is 2.79. The molecule has 0 aliphatic heterocycles. The first kappa shape index (κ1) is 12.2. The molecule has 0 aromatic heterocycles. The van der Waals surface area contributed by atoms with Crippen LogP contribution in [0.1, 0.15) is 31.2 Å². The predicted molar refractivity (Wildman–Crippen MR) is 65.8 cm³/mol. The lowest BCUT2D eigenvalue weighted by Gasteiger charge is -2.26. The number of carboxylic acid groups (broad SMARTS) is 1. The van der Waals surface area contributed by atoms with Crippen molar-refractivity contribution in [3.8, 4) is 5.75 Å². The van der Waals surface area contributed by atoms with Crippen molar-refractivity contribution in [2.75, 3.05) is 7.11 Å². The second-order valence-corrected chi connectivity index (χ2v) is 4.88. The van der Waals surface area contributed by atoms with Crippen molar-refractivity contribution < 1.29 is 14.6 Å². The first-order valence-electron chi connectivity index (χ1n) is 5.67. The Morgan fingerprint density at radius 3 is 2.59 bits per heavy atom. The molecule has 0 atom stereocenters. The van der Waals surface area contributed by atoms with Gasteiger partial charge in [-0.3, -0.25) is 4.79 Å². The maximum atomic E-state index is 11.6. The molecule has 1 aliphatic rings. The van der Waals surface area contributed by atoms with Gasteiger partial charge < -0.3 is 9.84 Å². The van der Waals surface area contributed by atoms with E-state index in [4.69, 9.17) is 16.3 Å². The van der Waals surface area contributed by atoms with Crippen LogP contribution in [-0.2, 0) is 10.2 Å². The van der Waals surface area contributed by atoms with E-state index >= 15 is 0 Å². The maximum absolute atomic E-state index is 11.6. The molecule has 0 spiro atoms. The van der Waals surface area contributed by atoms with E-state index in [9.17, 15) is 9.90 Å². The number of halogens is 1. The molecule has 1 aliphatic carbocycles. The zero-order valence-electron chi connectivity index (χ0n) is 9.70. The van der Waals surface area contributed by atoms with Crippen LogP contribution in [0.15, 0.2) is 18.2 Å². The summed E-state index contributed by atoms with van der Waals surface area (Å²) in [5, 5.41) is 10.1. The maximum Gasteiger partial charge on any atom is 0.314 e. The Morgan fingerprint density at radius 1 is 1.41 bits per heavy atom. The molecule has 1 aromatic carbocycles. The molecular weight excluding hydrogens is 240 g/mol. The van der Waals surface area contributed by atoms with E-state index in [-0.39, 0.29) is 0 Å². The van der Waals surface area contributed by atoms with Gasteiger partial charge in [-0.15, -0.1) is 0 Å². The van der Waals surface area contributed by atoms with Gasteiger partial charge in [0.15, 0.2) is 0 Å². The minimum atomic E-state index is -0.796. The first-order valence-corrected chi connectivity index (χ1v) is 6.05. The third kappa shape index (κ3) is 2.00. The van der Waals surface area contributed by atoms with Crippen LogP contribution in [-0.4, -0.2) is 18.2 Å². The van der Waals surface area contributed by atoms with E-state index in [1.807, 2.05) is 0 Å². The van der Waals surface area contributed by atoms with Crippen LogP contribution in [0, 0.1) is 0 Å². The van der Waals surface area contributed by atoms with Gasteiger partial charge in [-0.2, -0.15) is 0 Å². The number of methoxy groups -OCH3 is 1. The number of aliphatic carboxylic acids is 1. The molecule has 2 rings (SSSR count). The molecule has 0 amide bonds. The summed E-state index contributed by atoms with van der Waals surface area (Å²) >= 11 is 5.90. The van der Waals surface area contributed by atoms with E-state index in [2.05, 4.69) is 0 Å². The SMILES string of the molecule is COc1cc(Cl)ccc1C1(C(=O)O)CCCC1. The topological polar surface area (TPSA) is 46.5 Å². The van der Waals surface area contributed by atoms with Crippen LogP contribution in [0.3, 0.4) is 0 Å². The van der Waals surface area contributed by atoms with Gasteiger partial charge in [0.05, 0.1) is 12.5 Å². The first-order chi connectivity index (χ1) is 8.10. The van der Waals surface area contributed by atoms with Gasteiger partial charge in [-0.05, 0) is 25.0 Å². The van der Waals surface area contributed by atoms with E-state index in [1.165, 1.54) is 0 Å². The molecule has 1 N–H and O–H groups in total. The monoisotopic (exact) mass is 254 g/mol. The Morgan fingerprint density at radius 2 is 2.06 bits per heavy atom. The standard InChI is InChI=1S/C13H15ClO3/c1-17-11-8-9(14)4-5-10(11)13(12(15)16)6-2-3-7-13/h4-5,8H,2-3,6-7H2,1H3,(H,15,16). The minimum absolute atomic E-state index is 0.559. The summed E-state index contributed by atoms with van der Waals surface area (Å²) in [4.78, 5) is 11.6. The lowest BCUT2D eigenvalue weighted by Crippen LogP contribution is -2.33. The molecule has 1 saturated carbocycles. The van der Waals surface area contributed by atoms with Crippen molar-refractivity contribution in [3.05, 3.63) is 28.8 Å². The third-order valence-electron chi connectivity index (χ3n) is 3.55. The highest BCUT2D eigenvalue weighted by molar-refractivity contribution is 6.30. The molecule has 0 saturated heterocycles. The van der Waals surface area contributed by atoms with Crippen LogP contribution < -0.4 is 4.74 Å². The number of hydrogen-bond acceptors (Lipinski definition) is 2. The molecule has 4 heteroatoms. The molecule has 0 bridgehead atoms. The molecule has 0 radical (unpaired) electrons. The summed E-state index contributed by atoms with van der Waals surface area (Å²) in [6.45, 7) is 0. The lowest BCUT2D eigenvalue weighted by molar-refractivity contribution is -0.143. The quantitative estimate of drug-likeness (QED) is 0.901. The van der Waals surface area contributed by atoms with Gasteiger partial charge >= 0.3 is 5.97 Å². The van der Waals surface area contributed by atoms with E-state index in [0.717, 1.165) is 18.4 Å². The lowest BCUT2D eigenvalue weighted by atomic mass is 9.78. The normalized spacial score (nSPS) is 18.0. The summed E-state index contributed by atoms with van der Waals surface area (Å²) in [6.07, 6.45) is 3.22. The number of rotatable bonds is 3. The third-order valence-corrected chi connectivity index (χ3v) is 3.78. The molecule has 92 valence electrons. The summed E-state index contributed by atoms with van der Waals surface area (Å²) < 4.78 is 5.27. The van der Waals surface area contributed by atoms with E-state index < -0.39 is 11.4 Å². The fourth-order valence-electron chi connectivity index (χ4n) is 2.64. The fourth-order valence-corrected chi connectivity index (χ4v) is 2.80. The summed E-state index contributed by atoms with van der Waals surface area (Å²) in [6, 6.07) is 5.18. The van der Waals surface area contributed by atoms with Crippen molar-refractivity contribution in [2.24, 2.45) is 0 Å². The molecule has 3 nitrogen and oxygen atoms in total. The van der Waals surface area contributed by atoms with Crippen LogP contribution in [0.2, 0.25) is 5.02 Å². The van der Waals surface area contributed by atoms with Crippen LogP contribution in [0.5, 0.6) is 5.75 Å². The molecule has 0 heterocycles. The van der Waals surface area contributed by atoms with Crippen molar-refractivity contribution in [2.45, 2.75) is 31.1 Å². The van der Waals surface area contributed by atoms with E-state index in [1.54, 1.807) is 25.3 Å². The molecule has 0 unspecified atom stereocenters. The average molecular weight is 255 g/mol. The highest BCUT2D eigenvalue weighted by Crippen LogP contribution is 2.45. The van der Waals surface area contributed by atoms with Gasteiger partial charge in [0, 0.05) is 10.6 Å². The van der Waals surface area contributed by atoms with Gasteiger partial charge in [-0.1, -0.05) is 30.5 Å². The molecular formula is C13H15ClO3. The van der Waals surface area contributed by atoms with Gasteiger partial charge in [-0.25, -0.2) is 0 Å². The Kier molecular flexibility index (Phi) is 3.29. The minimum Gasteiger partial charge on any atom is -0.496 e. The zero-order chi connectivity index (χ0) is 12.5. The number of benzene rings is 1. The second kappa shape index (κ2) is 4.57. The van der Waals surface area contributed by atoms with Crippen molar-refractivity contribution in [3.63, 3.8) is 0 Å². The fraction of sp³-hybridized carbons (Fsp3) is 0.462. The zero-order valence-corrected chi connectivity index (χ0v) is 10.5. The smallest absolute Gasteiger partial charge is 0.314 e. The highest BCUT2D eigenvalue weighted by Gasteiger charge is 2.44. The van der Waals surface area contributed by atoms with Crippen molar-refractivity contribution >= 4 is 17.6 Å². The number of ether oxygens (including phenoxy) is 1. The summed E-state index contributed by atoms with van der Waals surface area (Å²) in [5.74, 6) is -0.197. The highest BCUT2D eigenvalue weighted by atomic mass is 35.5. The Balaban J connectivity index is 2.54. The molecule has 1 fully saturated rings. The van der Waals surface area contributed by atoms with Gasteiger partial charge in [0.2, 0.25) is 0 Å². The Bertz CT molecular complexity index is 436. The number of carboxylic acids is 1. The van der Waals surface area contributed by atoms with Crippen LogP contribution >= 0.6 is 11.6 Å². The Labute approximate surface area is 105 Å². The Hall–Kier alpha value is -1.22. The summed E-state index contributed by atoms with van der Waals surface area (Å²) in [5.41, 5.74) is -0.0509. The molecule has 1 aromatic rings. The second-order valence-electron chi connectivity index (χ2n) is 4.44. The molecule has 17 heavy (non-hydrogen) atoms. The van der Waals surface area contributed by atoms with Gasteiger partial charge in [0.25, 0.3) is 0 Å². The number of carbonyl (C=O) groups is 1. The van der Waals surface area contributed by atoms with Crippen LogP contribution in [0.25, 0.3) is 0 Å². The summed E-state index contributed by atoms with van der Waals surface area (Å²) in [7, 11) is 1.54. The predicted octanol–water partition coefficient (Wildman–Crippen LogP) is 3.25. The largest absolute Gasteiger partial charge is 0.496 e. The van der Waals surface area contributed by atoms with Gasteiger partial charge in [0.1, 0.15) is 5.75 Å².